The van der Waals surface area contributed by atoms with Crippen molar-refractivity contribution in [3.63, 3.8) is 0 Å². The van der Waals surface area contributed by atoms with Crippen LogP contribution in [0.15, 0.2) is 40.8 Å². The Morgan fingerprint density at radius 1 is 1.00 bits per heavy atom. The van der Waals surface area contributed by atoms with E-state index >= 15 is 0 Å². The highest BCUT2D eigenvalue weighted by Crippen LogP contribution is 2.35. The second-order valence-corrected chi connectivity index (χ2v) is 3.65. The van der Waals surface area contributed by atoms with Crippen molar-refractivity contribution in [2.45, 2.75) is 0 Å². The van der Waals surface area contributed by atoms with Crippen LogP contribution in [0.2, 0.25) is 0 Å². The fourth-order valence-corrected chi connectivity index (χ4v) is 1.94. The third-order valence-corrected chi connectivity index (χ3v) is 2.74. The second-order valence-electron chi connectivity index (χ2n) is 3.65. The monoisotopic (exact) mass is 213 g/mol. The number of para-hydroxylation sites is 1. The van der Waals surface area contributed by atoms with Crippen LogP contribution in [-0.2, 0) is 0 Å². The van der Waals surface area contributed by atoms with Crippen molar-refractivity contribution in [3.8, 4) is 0 Å². The van der Waals surface area contributed by atoms with Gasteiger partial charge in [0.25, 0.3) is 0 Å². The van der Waals surface area contributed by atoms with Gasteiger partial charge in [0, 0.05) is 10.8 Å². The molecule has 80 valence electrons. The zero-order valence-corrected chi connectivity index (χ0v) is 8.53. The lowest BCUT2D eigenvalue weighted by Gasteiger charge is -2.03. The number of hydrogen-bond donors (Lipinski definition) is 3. The maximum Gasteiger partial charge on any atom is 0.160 e. The quantitative estimate of drug-likeness (QED) is 0.329. The van der Waals surface area contributed by atoms with Crippen molar-refractivity contribution >= 4 is 33.3 Å². The van der Waals surface area contributed by atoms with Crippen LogP contribution in [0.5, 0.6) is 0 Å². The first kappa shape index (κ1) is 9.06. The maximum absolute atomic E-state index is 5.96. The SMILES string of the molecule is NNc1ccc2c(oc3ccccc32)c1N. The topological polar surface area (TPSA) is 77.2 Å². The molecule has 3 aromatic rings. The van der Waals surface area contributed by atoms with Crippen LogP contribution in [-0.4, -0.2) is 0 Å². The fourth-order valence-electron chi connectivity index (χ4n) is 1.94. The summed E-state index contributed by atoms with van der Waals surface area (Å²) in [7, 11) is 0. The van der Waals surface area contributed by atoms with E-state index in [-0.39, 0.29) is 0 Å². The van der Waals surface area contributed by atoms with E-state index in [0.29, 0.717) is 17.0 Å². The predicted molar refractivity (Wildman–Crippen MR) is 65.9 cm³/mol. The first-order valence-corrected chi connectivity index (χ1v) is 4.97. The zero-order chi connectivity index (χ0) is 11.1. The first-order valence-electron chi connectivity index (χ1n) is 4.97. The lowest BCUT2D eigenvalue weighted by atomic mass is 10.1. The van der Waals surface area contributed by atoms with Crippen molar-refractivity contribution in [1.29, 1.82) is 0 Å². The van der Waals surface area contributed by atoms with Gasteiger partial charge in [-0.3, -0.25) is 5.84 Å². The Labute approximate surface area is 91.8 Å². The smallest absolute Gasteiger partial charge is 0.160 e. The lowest BCUT2D eigenvalue weighted by molar-refractivity contribution is 0.670. The number of nitrogen functional groups attached to an aromatic ring is 2. The van der Waals surface area contributed by atoms with Gasteiger partial charge in [-0.1, -0.05) is 18.2 Å². The molecule has 4 nitrogen and oxygen atoms in total. The molecular formula is C12H11N3O. The first-order chi connectivity index (χ1) is 7.81. The highest BCUT2D eigenvalue weighted by atomic mass is 16.3. The van der Waals surface area contributed by atoms with Crippen LogP contribution < -0.4 is 17.0 Å². The van der Waals surface area contributed by atoms with Crippen LogP contribution in [0, 0.1) is 0 Å². The summed E-state index contributed by atoms with van der Waals surface area (Å²) in [5, 5.41) is 2.07. The average molecular weight is 213 g/mol. The predicted octanol–water partition coefficient (Wildman–Crippen LogP) is 2.45. The van der Waals surface area contributed by atoms with E-state index in [2.05, 4.69) is 5.43 Å². The van der Waals surface area contributed by atoms with Crippen LogP contribution in [0.25, 0.3) is 21.9 Å². The van der Waals surface area contributed by atoms with Crippen LogP contribution >= 0.6 is 0 Å². The van der Waals surface area contributed by atoms with E-state index in [0.717, 1.165) is 16.4 Å². The molecule has 2 aromatic carbocycles. The molecule has 4 heteroatoms. The van der Waals surface area contributed by atoms with Gasteiger partial charge in [0.05, 0.1) is 5.69 Å². The third-order valence-electron chi connectivity index (χ3n) is 2.74. The molecule has 0 atom stereocenters. The van der Waals surface area contributed by atoms with Crippen LogP contribution in [0.4, 0.5) is 11.4 Å². The molecule has 0 amide bonds. The third kappa shape index (κ3) is 1.07. The zero-order valence-electron chi connectivity index (χ0n) is 8.53. The van der Waals surface area contributed by atoms with Crippen LogP contribution in [0.3, 0.4) is 0 Å². The maximum atomic E-state index is 5.96. The molecule has 0 unspecified atom stereocenters. The van der Waals surface area contributed by atoms with Crippen molar-refractivity contribution in [2.24, 2.45) is 5.84 Å². The van der Waals surface area contributed by atoms with E-state index in [1.165, 1.54) is 0 Å². The average Bonchev–Trinajstić information content (AvgIpc) is 2.69. The number of hydrogen-bond acceptors (Lipinski definition) is 4. The molecule has 0 radical (unpaired) electrons. The molecule has 5 N–H and O–H groups in total. The molecule has 0 spiro atoms. The molecule has 0 bridgehead atoms. The van der Waals surface area contributed by atoms with E-state index in [1.807, 2.05) is 36.4 Å². The molecular weight excluding hydrogens is 202 g/mol. The standard InChI is InChI=1S/C12H11N3O/c13-11-9(15-14)6-5-8-7-3-1-2-4-10(7)16-12(8)11/h1-6,15H,13-14H2. The van der Waals surface area contributed by atoms with Gasteiger partial charge >= 0.3 is 0 Å². The van der Waals surface area contributed by atoms with Crippen LogP contribution in [0.1, 0.15) is 0 Å². The molecule has 16 heavy (non-hydrogen) atoms. The Kier molecular flexibility index (Phi) is 1.78. The summed E-state index contributed by atoms with van der Waals surface area (Å²) in [6.45, 7) is 0. The number of furan rings is 1. The molecule has 0 aliphatic rings. The normalized spacial score (nSPS) is 11.1. The van der Waals surface area contributed by atoms with E-state index in [1.54, 1.807) is 0 Å². The molecule has 0 aliphatic heterocycles. The molecule has 1 heterocycles. The van der Waals surface area contributed by atoms with Crippen molar-refractivity contribution in [2.75, 3.05) is 11.2 Å². The van der Waals surface area contributed by atoms with Crippen molar-refractivity contribution in [1.82, 2.24) is 0 Å². The van der Waals surface area contributed by atoms with Crippen molar-refractivity contribution < 1.29 is 4.42 Å². The summed E-state index contributed by atoms with van der Waals surface area (Å²) >= 11 is 0. The van der Waals surface area contributed by atoms with Gasteiger partial charge in [-0.2, -0.15) is 0 Å². The number of nitrogens with one attached hydrogen (secondary N) is 1. The number of hydrazine groups is 1. The molecule has 0 aliphatic carbocycles. The molecule has 0 fully saturated rings. The molecule has 0 saturated carbocycles. The molecule has 3 rings (SSSR count). The Balaban J connectivity index is 2.49. The number of rotatable bonds is 1. The highest BCUT2D eigenvalue weighted by molar-refractivity contribution is 6.10. The van der Waals surface area contributed by atoms with Crippen molar-refractivity contribution in [3.05, 3.63) is 36.4 Å². The lowest BCUT2D eigenvalue weighted by Crippen LogP contribution is -2.08. The highest BCUT2D eigenvalue weighted by Gasteiger charge is 2.11. The molecule has 0 saturated heterocycles. The Hall–Kier alpha value is -2.20. The van der Waals surface area contributed by atoms with Gasteiger partial charge in [-0.15, -0.1) is 0 Å². The van der Waals surface area contributed by atoms with Gasteiger partial charge in [-0.05, 0) is 18.2 Å². The minimum atomic E-state index is 0.538. The fraction of sp³-hybridized carbons (Fsp3) is 0. The minimum Gasteiger partial charge on any atom is -0.454 e. The van der Waals surface area contributed by atoms with Gasteiger partial charge < -0.3 is 15.6 Å². The summed E-state index contributed by atoms with van der Waals surface area (Å²) in [6.07, 6.45) is 0. The Morgan fingerprint density at radius 2 is 1.81 bits per heavy atom. The summed E-state index contributed by atoms with van der Waals surface area (Å²) in [5.41, 5.74) is 11.2. The van der Waals surface area contributed by atoms with Gasteiger partial charge in [0.15, 0.2) is 5.58 Å². The summed E-state index contributed by atoms with van der Waals surface area (Å²) in [4.78, 5) is 0. The largest absolute Gasteiger partial charge is 0.454 e. The number of anilines is 2. The minimum absolute atomic E-state index is 0.538. The summed E-state index contributed by atoms with van der Waals surface area (Å²) in [6, 6.07) is 11.6. The Bertz CT molecular complexity index is 672. The van der Waals surface area contributed by atoms with E-state index < -0.39 is 0 Å². The second kappa shape index (κ2) is 3.15. The van der Waals surface area contributed by atoms with E-state index in [9.17, 15) is 0 Å². The molecule has 1 aromatic heterocycles. The van der Waals surface area contributed by atoms with E-state index in [4.69, 9.17) is 16.0 Å². The number of benzene rings is 2. The summed E-state index contributed by atoms with van der Waals surface area (Å²) < 4.78 is 5.71. The number of nitrogens with two attached hydrogens (primary N) is 2. The van der Waals surface area contributed by atoms with Gasteiger partial charge in [-0.25, -0.2) is 0 Å². The Morgan fingerprint density at radius 3 is 2.62 bits per heavy atom. The summed E-state index contributed by atoms with van der Waals surface area (Å²) in [5.74, 6) is 5.36. The van der Waals surface area contributed by atoms with Gasteiger partial charge in [0.1, 0.15) is 11.3 Å². The van der Waals surface area contributed by atoms with Gasteiger partial charge in [0.2, 0.25) is 0 Å². The number of fused-ring (bicyclic) bond motifs is 3.